The van der Waals surface area contributed by atoms with Crippen LogP contribution in [-0.4, -0.2) is 16.9 Å². The quantitative estimate of drug-likeness (QED) is 0.884. The van der Waals surface area contributed by atoms with Crippen molar-refractivity contribution in [1.82, 2.24) is 9.78 Å². The van der Waals surface area contributed by atoms with Crippen LogP contribution in [0.5, 0.6) is 5.75 Å². The minimum atomic E-state index is 0.706. The summed E-state index contributed by atoms with van der Waals surface area (Å²) in [6.45, 7) is 6.13. The number of aromatic nitrogens is 2. The van der Waals surface area contributed by atoms with Gasteiger partial charge < -0.3 is 10.5 Å². The summed E-state index contributed by atoms with van der Waals surface area (Å²) in [5.41, 5.74) is 11.3. The predicted molar refractivity (Wildman–Crippen MR) is 73.8 cm³/mol. The maximum absolute atomic E-state index is 5.96. The van der Waals surface area contributed by atoms with Crippen molar-refractivity contribution in [2.45, 2.75) is 20.8 Å². The Kier molecular flexibility index (Phi) is 3.03. The monoisotopic (exact) mass is 245 g/mol. The van der Waals surface area contributed by atoms with Gasteiger partial charge in [0, 0.05) is 18.2 Å². The second kappa shape index (κ2) is 4.37. The normalized spacial score (nSPS) is 10.7. The van der Waals surface area contributed by atoms with Gasteiger partial charge >= 0.3 is 0 Å². The third-order valence-electron chi connectivity index (χ3n) is 3.55. The molecule has 0 aliphatic rings. The largest absolute Gasteiger partial charge is 0.496 e. The number of nitrogens with two attached hydrogens (primary N) is 1. The number of nitrogen functional groups attached to an aromatic ring is 1. The molecule has 96 valence electrons. The molecule has 0 aliphatic carbocycles. The lowest BCUT2D eigenvalue weighted by molar-refractivity contribution is 0.411. The number of hydrogen-bond donors (Lipinski definition) is 1. The molecule has 0 atom stereocenters. The van der Waals surface area contributed by atoms with E-state index in [0.717, 1.165) is 28.1 Å². The van der Waals surface area contributed by atoms with E-state index in [1.807, 2.05) is 26.1 Å². The van der Waals surface area contributed by atoms with Gasteiger partial charge in [0.15, 0.2) is 0 Å². The van der Waals surface area contributed by atoms with E-state index in [9.17, 15) is 0 Å². The van der Waals surface area contributed by atoms with Crippen molar-refractivity contribution in [2.24, 2.45) is 7.05 Å². The molecule has 1 aromatic heterocycles. The first-order valence-electron chi connectivity index (χ1n) is 5.91. The van der Waals surface area contributed by atoms with Crippen LogP contribution in [0.2, 0.25) is 0 Å². The fourth-order valence-electron chi connectivity index (χ4n) is 2.17. The van der Waals surface area contributed by atoms with Gasteiger partial charge in [-0.25, -0.2) is 0 Å². The summed E-state index contributed by atoms with van der Waals surface area (Å²) in [6.07, 6.45) is 0. The molecule has 0 radical (unpaired) electrons. The molecule has 0 saturated heterocycles. The third-order valence-corrected chi connectivity index (χ3v) is 3.55. The Morgan fingerprint density at radius 3 is 2.28 bits per heavy atom. The second-order valence-electron chi connectivity index (χ2n) is 4.55. The number of benzene rings is 1. The van der Waals surface area contributed by atoms with E-state index in [0.29, 0.717) is 5.82 Å². The van der Waals surface area contributed by atoms with Crippen LogP contribution < -0.4 is 10.5 Å². The van der Waals surface area contributed by atoms with E-state index in [1.54, 1.807) is 11.8 Å². The molecule has 0 spiro atoms. The van der Waals surface area contributed by atoms with Gasteiger partial charge in [-0.1, -0.05) is 0 Å². The summed E-state index contributed by atoms with van der Waals surface area (Å²) < 4.78 is 7.04. The van der Waals surface area contributed by atoms with Gasteiger partial charge in [-0.15, -0.1) is 0 Å². The summed E-state index contributed by atoms with van der Waals surface area (Å²) >= 11 is 0. The van der Waals surface area contributed by atoms with Crippen molar-refractivity contribution >= 4 is 5.82 Å². The van der Waals surface area contributed by atoms with Crippen LogP contribution in [0.4, 0.5) is 5.82 Å². The average Bonchev–Trinajstić information content (AvgIpc) is 2.60. The molecule has 0 fully saturated rings. The Bertz CT molecular complexity index is 600. The van der Waals surface area contributed by atoms with E-state index in [-0.39, 0.29) is 0 Å². The molecule has 0 amide bonds. The molecule has 0 saturated carbocycles. The molecule has 0 unspecified atom stereocenters. The zero-order chi connectivity index (χ0) is 13.4. The number of nitrogens with zero attached hydrogens (tertiary/aromatic N) is 2. The second-order valence-corrected chi connectivity index (χ2v) is 4.55. The highest BCUT2D eigenvalue weighted by atomic mass is 16.5. The zero-order valence-electron chi connectivity index (χ0n) is 11.5. The van der Waals surface area contributed by atoms with Gasteiger partial charge in [-0.05, 0) is 44.0 Å². The van der Waals surface area contributed by atoms with E-state index in [2.05, 4.69) is 18.9 Å². The van der Waals surface area contributed by atoms with Gasteiger partial charge in [0.05, 0.1) is 12.8 Å². The molecule has 4 nitrogen and oxygen atoms in total. The molecular weight excluding hydrogens is 226 g/mol. The highest BCUT2D eigenvalue weighted by molar-refractivity contribution is 5.72. The lowest BCUT2D eigenvalue weighted by Gasteiger charge is -2.11. The molecule has 0 aliphatic heterocycles. The van der Waals surface area contributed by atoms with E-state index in [1.165, 1.54) is 5.56 Å². The van der Waals surface area contributed by atoms with E-state index in [4.69, 9.17) is 10.5 Å². The number of ether oxygens (including phenoxy) is 1. The highest BCUT2D eigenvalue weighted by Gasteiger charge is 2.15. The van der Waals surface area contributed by atoms with Crippen molar-refractivity contribution in [3.05, 3.63) is 28.8 Å². The Hall–Kier alpha value is -1.97. The molecule has 2 aromatic rings. The van der Waals surface area contributed by atoms with Crippen molar-refractivity contribution < 1.29 is 4.74 Å². The minimum absolute atomic E-state index is 0.706. The van der Waals surface area contributed by atoms with Crippen molar-refractivity contribution in [2.75, 3.05) is 12.8 Å². The first-order valence-corrected chi connectivity index (χ1v) is 5.91. The van der Waals surface area contributed by atoms with Crippen LogP contribution in [0.25, 0.3) is 11.3 Å². The van der Waals surface area contributed by atoms with Gasteiger partial charge in [0.1, 0.15) is 11.6 Å². The fourth-order valence-corrected chi connectivity index (χ4v) is 2.17. The van der Waals surface area contributed by atoms with E-state index < -0.39 is 0 Å². The molecule has 1 aromatic carbocycles. The maximum Gasteiger partial charge on any atom is 0.124 e. The van der Waals surface area contributed by atoms with Crippen LogP contribution >= 0.6 is 0 Å². The number of rotatable bonds is 2. The summed E-state index contributed by atoms with van der Waals surface area (Å²) in [5.74, 6) is 1.61. The van der Waals surface area contributed by atoms with Crippen molar-refractivity contribution in [3.63, 3.8) is 0 Å². The SMILES string of the molecule is COc1ccc(-c2nn(C)c(N)c2C)c(C)c1C. The Balaban J connectivity index is 2.65. The number of anilines is 1. The average molecular weight is 245 g/mol. The third kappa shape index (κ3) is 1.74. The summed E-state index contributed by atoms with van der Waals surface area (Å²) in [4.78, 5) is 0. The zero-order valence-corrected chi connectivity index (χ0v) is 11.5. The molecular formula is C14H19N3O. The molecule has 0 bridgehead atoms. The van der Waals surface area contributed by atoms with Gasteiger partial charge in [-0.3, -0.25) is 4.68 Å². The Labute approximate surface area is 107 Å². The lowest BCUT2D eigenvalue weighted by Crippen LogP contribution is -1.97. The number of methoxy groups -OCH3 is 1. The number of hydrogen-bond acceptors (Lipinski definition) is 3. The first-order chi connectivity index (χ1) is 8.47. The van der Waals surface area contributed by atoms with Gasteiger partial charge in [0.2, 0.25) is 0 Å². The Morgan fingerprint density at radius 1 is 1.11 bits per heavy atom. The molecule has 2 rings (SSSR count). The highest BCUT2D eigenvalue weighted by Crippen LogP contribution is 2.33. The van der Waals surface area contributed by atoms with Crippen LogP contribution in [0.15, 0.2) is 12.1 Å². The topological polar surface area (TPSA) is 53.1 Å². The summed E-state index contributed by atoms with van der Waals surface area (Å²) in [6, 6.07) is 4.01. The van der Waals surface area contributed by atoms with Gasteiger partial charge in [-0.2, -0.15) is 5.10 Å². The number of aryl methyl sites for hydroxylation is 1. The maximum atomic E-state index is 5.96. The molecule has 2 N–H and O–H groups in total. The van der Waals surface area contributed by atoms with Crippen molar-refractivity contribution in [1.29, 1.82) is 0 Å². The fraction of sp³-hybridized carbons (Fsp3) is 0.357. The van der Waals surface area contributed by atoms with Crippen LogP contribution in [0.1, 0.15) is 16.7 Å². The van der Waals surface area contributed by atoms with E-state index >= 15 is 0 Å². The first kappa shape index (κ1) is 12.5. The lowest BCUT2D eigenvalue weighted by atomic mass is 9.98. The van der Waals surface area contributed by atoms with Gasteiger partial charge in [0.25, 0.3) is 0 Å². The smallest absolute Gasteiger partial charge is 0.124 e. The summed E-state index contributed by atoms with van der Waals surface area (Å²) in [7, 11) is 3.54. The molecule has 1 heterocycles. The minimum Gasteiger partial charge on any atom is -0.496 e. The van der Waals surface area contributed by atoms with Crippen LogP contribution in [0.3, 0.4) is 0 Å². The predicted octanol–water partition coefficient (Wildman–Crippen LogP) is 2.60. The van der Waals surface area contributed by atoms with Crippen LogP contribution in [0, 0.1) is 20.8 Å². The standard InChI is InChI=1S/C14H19N3O/c1-8-9(2)12(18-5)7-6-11(8)13-10(3)14(15)17(4)16-13/h6-7H,15H2,1-5H3. The van der Waals surface area contributed by atoms with Crippen molar-refractivity contribution in [3.8, 4) is 17.0 Å². The Morgan fingerprint density at radius 2 is 1.78 bits per heavy atom. The van der Waals surface area contributed by atoms with Crippen LogP contribution in [-0.2, 0) is 7.05 Å². The summed E-state index contributed by atoms with van der Waals surface area (Å²) in [5, 5.41) is 4.49. The molecule has 18 heavy (non-hydrogen) atoms. The molecule has 4 heteroatoms.